The summed E-state index contributed by atoms with van der Waals surface area (Å²) in [5, 5.41) is 19.0. The van der Waals surface area contributed by atoms with E-state index in [1.165, 1.54) is 12.1 Å². The summed E-state index contributed by atoms with van der Waals surface area (Å²) >= 11 is 0. The van der Waals surface area contributed by atoms with Crippen LogP contribution in [0, 0.1) is 0 Å². The van der Waals surface area contributed by atoms with E-state index in [9.17, 15) is 15.0 Å². The van der Waals surface area contributed by atoms with Crippen molar-refractivity contribution in [3.63, 3.8) is 0 Å². The predicted molar refractivity (Wildman–Crippen MR) is 66.2 cm³/mol. The summed E-state index contributed by atoms with van der Waals surface area (Å²) in [7, 11) is 0. The zero-order valence-corrected chi connectivity index (χ0v) is 10.5. The fourth-order valence-corrected chi connectivity index (χ4v) is 1.69. The fourth-order valence-electron chi connectivity index (χ4n) is 1.69. The van der Waals surface area contributed by atoms with Crippen molar-refractivity contribution in [2.45, 2.75) is 33.2 Å². The summed E-state index contributed by atoms with van der Waals surface area (Å²) in [5.74, 6) is -0.870. The Kier molecular flexibility index (Phi) is 4.37. The third-order valence-electron chi connectivity index (χ3n) is 2.59. The Morgan fingerprint density at radius 2 is 2.00 bits per heavy atom. The molecule has 0 saturated carbocycles. The third kappa shape index (κ3) is 2.90. The molecule has 0 fully saturated rings. The highest BCUT2D eigenvalue weighted by atomic mass is 16.3. The molecule has 0 unspecified atom stereocenters. The van der Waals surface area contributed by atoms with Gasteiger partial charge in [0.1, 0.15) is 0 Å². The molecule has 0 radical (unpaired) electrons. The standard InChI is InChI=1S/C13H19NO3/c1-4-8-14(9(2)3)13(17)10-6-5-7-11(15)12(10)16/h5-7,9,15-16H,4,8H2,1-3H3. The molecule has 0 spiro atoms. The predicted octanol–water partition coefficient (Wildman–Crippen LogP) is 2.36. The zero-order chi connectivity index (χ0) is 13.0. The van der Waals surface area contributed by atoms with Crippen LogP contribution in [0.25, 0.3) is 0 Å². The van der Waals surface area contributed by atoms with Gasteiger partial charge in [-0.15, -0.1) is 0 Å². The lowest BCUT2D eigenvalue weighted by atomic mass is 10.1. The maximum absolute atomic E-state index is 12.2. The molecule has 1 rings (SSSR count). The lowest BCUT2D eigenvalue weighted by Crippen LogP contribution is -2.37. The molecular weight excluding hydrogens is 218 g/mol. The highest BCUT2D eigenvalue weighted by molar-refractivity contribution is 5.97. The van der Waals surface area contributed by atoms with Crippen molar-refractivity contribution in [2.75, 3.05) is 6.54 Å². The van der Waals surface area contributed by atoms with Crippen molar-refractivity contribution >= 4 is 5.91 Å². The SMILES string of the molecule is CCCN(C(=O)c1cccc(O)c1O)C(C)C. The van der Waals surface area contributed by atoms with Gasteiger partial charge >= 0.3 is 0 Å². The van der Waals surface area contributed by atoms with Gasteiger partial charge in [-0.05, 0) is 32.4 Å². The molecule has 17 heavy (non-hydrogen) atoms. The molecule has 0 aliphatic carbocycles. The van der Waals surface area contributed by atoms with Crippen LogP contribution < -0.4 is 0 Å². The van der Waals surface area contributed by atoms with Crippen LogP contribution in [0.4, 0.5) is 0 Å². The van der Waals surface area contributed by atoms with E-state index in [2.05, 4.69) is 0 Å². The minimum Gasteiger partial charge on any atom is -0.504 e. The maximum Gasteiger partial charge on any atom is 0.257 e. The average molecular weight is 237 g/mol. The molecule has 0 bridgehead atoms. The number of nitrogens with zero attached hydrogens (tertiary/aromatic N) is 1. The molecule has 1 amide bonds. The van der Waals surface area contributed by atoms with Crippen LogP contribution in [0.15, 0.2) is 18.2 Å². The Hall–Kier alpha value is -1.71. The molecule has 0 saturated heterocycles. The van der Waals surface area contributed by atoms with Gasteiger partial charge in [0.05, 0.1) is 5.56 Å². The van der Waals surface area contributed by atoms with Gasteiger partial charge in [-0.1, -0.05) is 13.0 Å². The number of rotatable bonds is 4. The molecule has 1 aromatic rings. The largest absolute Gasteiger partial charge is 0.504 e. The zero-order valence-electron chi connectivity index (χ0n) is 10.5. The van der Waals surface area contributed by atoms with Crippen molar-refractivity contribution in [1.82, 2.24) is 4.90 Å². The van der Waals surface area contributed by atoms with Crippen molar-refractivity contribution in [2.24, 2.45) is 0 Å². The van der Waals surface area contributed by atoms with Gasteiger partial charge in [-0.3, -0.25) is 4.79 Å². The van der Waals surface area contributed by atoms with Gasteiger partial charge in [0.2, 0.25) is 0 Å². The number of aromatic hydroxyl groups is 2. The van der Waals surface area contributed by atoms with Crippen LogP contribution in [0.5, 0.6) is 11.5 Å². The first-order chi connectivity index (χ1) is 7.99. The van der Waals surface area contributed by atoms with Gasteiger partial charge in [-0.25, -0.2) is 0 Å². The molecule has 4 heteroatoms. The Morgan fingerprint density at radius 1 is 1.35 bits per heavy atom. The van der Waals surface area contributed by atoms with E-state index < -0.39 is 0 Å². The van der Waals surface area contributed by atoms with Gasteiger partial charge in [0, 0.05) is 12.6 Å². The Labute approximate surface area is 101 Å². The molecule has 2 N–H and O–H groups in total. The van der Waals surface area contributed by atoms with Gasteiger partial charge in [0.25, 0.3) is 5.91 Å². The molecule has 0 aromatic heterocycles. The lowest BCUT2D eigenvalue weighted by molar-refractivity contribution is 0.0702. The first-order valence-electron chi connectivity index (χ1n) is 5.81. The lowest BCUT2D eigenvalue weighted by Gasteiger charge is -2.26. The van der Waals surface area contributed by atoms with E-state index in [0.717, 1.165) is 6.42 Å². The van der Waals surface area contributed by atoms with Crippen LogP contribution in [0.2, 0.25) is 0 Å². The van der Waals surface area contributed by atoms with Crippen molar-refractivity contribution in [1.29, 1.82) is 0 Å². The number of phenols is 2. The first kappa shape index (κ1) is 13.4. The summed E-state index contributed by atoms with van der Waals surface area (Å²) in [6.07, 6.45) is 0.851. The molecule has 94 valence electrons. The average Bonchev–Trinajstić information content (AvgIpc) is 2.28. The van der Waals surface area contributed by atoms with Crippen LogP contribution in [-0.4, -0.2) is 33.6 Å². The maximum atomic E-state index is 12.2. The second-order valence-electron chi connectivity index (χ2n) is 4.27. The smallest absolute Gasteiger partial charge is 0.257 e. The van der Waals surface area contributed by atoms with Gasteiger partial charge in [-0.2, -0.15) is 0 Å². The number of para-hydroxylation sites is 1. The topological polar surface area (TPSA) is 60.8 Å². The van der Waals surface area contributed by atoms with Crippen molar-refractivity contribution in [3.05, 3.63) is 23.8 Å². The Bertz CT molecular complexity index is 402. The number of hydrogen-bond acceptors (Lipinski definition) is 3. The number of hydrogen-bond donors (Lipinski definition) is 2. The number of benzene rings is 1. The number of carbonyl (C=O) groups is 1. The van der Waals surface area contributed by atoms with Crippen LogP contribution >= 0.6 is 0 Å². The summed E-state index contributed by atoms with van der Waals surface area (Å²) in [6, 6.07) is 4.48. The second kappa shape index (κ2) is 5.57. The molecule has 0 atom stereocenters. The number of phenolic OH excluding ortho intramolecular Hbond substituents is 2. The van der Waals surface area contributed by atoms with E-state index in [4.69, 9.17) is 0 Å². The monoisotopic (exact) mass is 237 g/mol. The van der Waals surface area contributed by atoms with E-state index in [0.29, 0.717) is 6.54 Å². The first-order valence-corrected chi connectivity index (χ1v) is 5.81. The highest BCUT2D eigenvalue weighted by Gasteiger charge is 2.21. The molecule has 4 nitrogen and oxygen atoms in total. The van der Waals surface area contributed by atoms with Crippen molar-refractivity contribution in [3.8, 4) is 11.5 Å². The van der Waals surface area contributed by atoms with Gasteiger partial charge < -0.3 is 15.1 Å². The van der Waals surface area contributed by atoms with E-state index in [1.807, 2.05) is 20.8 Å². The molecular formula is C13H19NO3. The summed E-state index contributed by atoms with van der Waals surface area (Å²) in [4.78, 5) is 13.9. The molecule has 1 aromatic carbocycles. The molecule has 0 aliphatic heterocycles. The Balaban J connectivity index is 3.05. The van der Waals surface area contributed by atoms with Crippen LogP contribution in [-0.2, 0) is 0 Å². The van der Waals surface area contributed by atoms with Crippen LogP contribution in [0.3, 0.4) is 0 Å². The minimum atomic E-state index is -0.348. The summed E-state index contributed by atoms with van der Waals surface area (Å²) in [6.45, 7) is 6.47. The minimum absolute atomic E-state index is 0.0594. The number of carbonyl (C=O) groups excluding carboxylic acids is 1. The van der Waals surface area contributed by atoms with Crippen LogP contribution in [0.1, 0.15) is 37.6 Å². The second-order valence-corrected chi connectivity index (χ2v) is 4.27. The summed E-state index contributed by atoms with van der Waals surface area (Å²) in [5.41, 5.74) is 0.146. The summed E-state index contributed by atoms with van der Waals surface area (Å²) < 4.78 is 0. The molecule has 0 heterocycles. The fraction of sp³-hybridized carbons (Fsp3) is 0.462. The quantitative estimate of drug-likeness (QED) is 0.790. The normalized spacial score (nSPS) is 10.6. The molecule has 0 aliphatic rings. The van der Waals surface area contributed by atoms with Crippen molar-refractivity contribution < 1.29 is 15.0 Å². The van der Waals surface area contributed by atoms with Gasteiger partial charge in [0.15, 0.2) is 11.5 Å². The van der Waals surface area contributed by atoms with E-state index >= 15 is 0 Å². The highest BCUT2D eigenvalue weighted by Crippen LogP contribution is 2.29. The Morgan fingerprint density at radius 3 is 2.53 bits per heavy atom. The van der Waals surface area contributed by atoms with E-state index in [-0.39, 0.29) is 29.0 Å². The third-order valence-corrected chi connectivity index (χ3v) is 2.59. The number of amides is 1. The van der Waals surface area contributed by atoms with E-state index in [1.54, 1.807) is 11.0 Å².